The molecule has 0 spiro atoms. The maximum Gasteiger partial charge on any atom is 0.226 e. The van der Waals surface area contributed by atoms with Crippen molar-refractivity contribution in [2.24, 2.45) is 5.92 Å². The first kappa shape index (κ1) is 14.4. The van der Waals surface area contributed by atoms with Crippen LogP contribution in [-0.2, 0) is 9.53 Å². The summed E-state index contributed by atoms with van der Waals surface area (Å²) in [4.78, 5) is 13.8. The van der Waals surface area contributed by atoms with Gasteiger partial charge in [0.25, 0.3) is 0 Å². The first-order valence-electron chi connectivity index (χ1n) is 5.65. The number of hydrogen-bond donors (Lipinski definition) is 1. The van der Waals surface area contributed by atoms with Gasteiger partial charge < -0.3 is 15.0 Å². The molecule has 0 aliphatic carbocycles. The van der Waals surface area contributed by atoms with E-state index in [0.29, 0.717) is 13.2 Å². The van der Waals surface area contributed by atoms with Crippen LogP contribution in [0.5, 0.6) is 0 Å². The molecule has 4 nitrogen and oxygen atoms in total. The summed E-state index contributed by atoms with van der Waals surface area (Å²) in [6.45, 7) is 9.68. The molecule has 4 heteroatoms. The summed E-state index contributed by atoms with van der Waals surface area (Å²) in [5.41, 5.74) is 0. The first-order chi connectivity index (χ1) is 7.17. The number of ether oxygens (including phenoxy) is 1. The summed E-state index contributed by atoms with van der Waals surface area (Å²) < 4.78 is 4.98. The summed E-state index contributed by atoms with van der Waals surface area (Å²) in [5.74, 6) is 0.247. The van der Waals surface area contributed by atoms with Crippen molar-refractivity contribution < 1.29 is 9.53 Å². The van der Waals surface area contributed by atoms with E-state index in [0.717, 1.165) is 19.6 Å². The molecule has 15 heavy (non-hydrogen) atoms. The van der Waals surface area contributed by atoms with Gasteiger partial charge in [-0.15, -0.1) is 0 Å². The Morgan fingerprint density at radius 3 is 2.60 bits per heavy atom. The summed E-state index contributed by atoms with van der Waals surface area (Å²) in [5, 5.41) is 3.19. The number of carbonyl (C=O) groups is 1. The van der Waals surface area contributed by atoms with Gasteiger partial charge in [-0.05, 0) is 13.5 Å². The van der Waals surface area contributed by atoms with Crippen molar-refractivity contribution in [3.8, 4) is 0 Å². The van der Waals surface area contributed by atoms with Crippen LogP contribution in [0.2, 0.25) is 0 Å². The Hall–Kier alpha value is -0.610. The Balaban J connectivity index is 4.00. The minimum atomic E-state index is 0.0433. The van der Waals surface area contributed by atoms with Gasteiger partial charge in [-0.3, -0.25) is 4.79 Å². The summed E-state index contributed by atoms with van der Waals surface area (Å²) in [6.07, 6.45) is 0. The second-order valence-electron chi connectivity index (χ2n) is 3.62. The fourth-order valence-electron chi connectivity index (χ4n) is 1.39. The minimum absolute atomic E-state index is 0.0433. The normalized spacial score (nSPS) is 12.5. The molecule has 1 N–H and O–H groups in total. The number of rotatable bonds is 8. The average molecular weight is 216 g/mol. The van der Waals surface area contributed by atoms with Crippen LogP contribution in [0.3, 0.4) is 0 Å². The third-order valence-electron chi connectivity index (χ3n) is 2.38. The lowest BCUT2D eigenvalue weighted by molar-refractivity contribution is -0.135. The van der Waals surface area contributed by atoms with Crippen LogP contribution in [0, 0.1) is 5.92 Å². The highest BCUT2D eigenvalue weighted by molar-refractivity contribution is 5.78. The fraction of sp³-hybridized carbons (Fsp3) is 0.909. The molecule has 0 radical (unpaired) electrons. The molecule has 1 unspecified atom stereocenters. The van der Waals surface area contributed by atoms with Gasteiger partial charge in [0.1, 0.15) is 0 Å². The maximum atomic E-state index is 11.9. The van der Waals surface area contributed by atoms with Crippen LogP contribution in [0.25, 0.3) is 0 Å². The van der Waals surface area contributed by atoms with Crippen molar-refractivity contribution in [1.29, 1.82) is 0 Å². The predicted octanol–water partition coefficient (Wildman–Crippen LogP) is 0.727. The summed E-state index contributed by atoms with van der Waals surface area (Å²) >= 11 is 0. The van der Waals surface area contributed by atoms with Crippen LogP contribution in [0.1, 0.15) is 20.8 Å². The highest BCUT2D eigenvalue weighted by Gasteiger charge is 2.18. The van der Waals surface area contributed by atoms with Gasteiger partial charge in [-0.2, -0.15) is 0 Å². The Morgan fingerprint density at radius 2 is 2.13 bits per heavy atom. The molecule has 90 valence electrons. The Bertz CT molecular complexity index is 174. The van der Waals surface area contributed by atoms with Crippen molar-refractivity contribution >= 4 is 5.91 Å². The van der Waals surface area contributed by atoms with E-state index in [9.17, 15) is 4.79 Å². The van der Waals surface area contributed by atoms with E-state index in [1.807, 2.05) is 25.7 Å². The van der Waals surface area contributed by atoms with Crippen molar-refractivity contribution in [2.45, 2.75) is 20.8 Å². The Morgan fingerprint density at radius 1 is 1.47 bits per heavy atom. The molecule has 0 fully saturated rings. The molecule has 0 aliphatic heterocycles. The largest absolute Gasteiger partial charge is 0.383 e. The van der Waals surface area contributed by atoms with Crippen molar-refractivity contribution in [3.05, 3.63) is 0 Å². The third kappa shape index (κ3) is 5.74. The zero-order valence-electron chi connectivity index (χ0n) is 10.4. The fourth-order valence-corrected chi connectivity index (χ4v) is 1.39. The average Bonchev–Trinajstić information content (AvgIpc) is 2.26. The van der Waals surface area contributed by atoms with Gasteiger partial charge in [0.15, 0.2) is 0 Å². The number of nitrogens with zero attached hydrogens (tertiary/aromatic N) is 1. The predicted molar refractivity (Wildman–Crippen MR) is 61.8 cm³/mol. The number of hydrogen-bond acceptors (Lipinski definition) is 3. The van der Waals surface area contributed by atoms with Crippen LogP contribution < -0.4 is 5.32 Å². The molecule has 0 heterocycles. The lowest BCUT2D eigenvalue weighted by Gasteiger charge is -2.24. The second-order valence-corrected chi connectivity index (χ2v) is 3.62. The monoisotopic (exact) mass is 216 g/mol. The van der Waals surface area contributed by atoms with Gasteiger partial charge in [0.05, 0.1) is 6.61 Å². The van der Waals surface area contributed by atoms with E-state index in [1.54, 1.807) is 7.11 Å². The van der Waals surface area contributed by atoms with Crippen molar-refractivity contribution in [3.63, 3.8) is 0 Å². The molecule has 1 amide bonds. The smallest absolute Gasteiger partial charge is 0.226 e. The molecular weight excluding hydrogens is 192 g/mol. The van der Waals surface area contributed by atoms with Crippen LogP contribution in [0.15, 0.2) is 0 Å². The lowest BCUT2D eigenvalue weighted by Crippen LogP contribution is -2.40. The standard InChI is InChI=1S/C11H24N2O2/c1-5-12-9-10(3)11(14)13(6-2)7-8-15-4/h10,12H,5-9H2,1-4H3. The molecule has 0 aromatic rings. The number of likely N-dealkylation sites (N-methyl/N-ethyl adjacent to an activating group) is 1. The Kier molecular flexibility index (Phi) is 8.33. The molecule has 0 saturated heterocycles. The molecule has 0 rings (SSSR count). The van der Waals surface area contributed by atoms with Gasteiger partial charge in [-0.1, -0.05) is 13.8 Å². The molecule has 0 aromatic heterocycles. The minimum Gasteiger partial charge on any atom is -0.383 e. The SMILES string of the molecule is CCNCC(C)C(=O)N(CC)CCOC. The van der Waals surface area contributed by atoms with Gasteiger partial charge in [-0.25, -0.2) is 0 Å². The van der Waals surface area contributed by atoms with Crippen molar-refractivity contribution in [1.82, 2.24) is 10.2 Å². The van der Waals surface area contributed by atoms with Crippen molar-refractivity contribution in [2.75, 3.05) is 39.9 Å². The van der Waals surface area contributed by atoms with Crippen LogP contribution in [-0.4, -0.2) is 50.7 Å². The van der Waals surface area contributed by atoms with E-state index in [1.165, 1.54) is 0 Å². The zero-order chi connectivity index (χ0) is 11.7. The molecular formula is C11H24N2O2. The number of amides is 1. The molecule has 0 bridgehead atoms. The van der Waals surface area contributed by atoms with E-state index in [4.69, 9.17) is 4.74 Å². The number of carbonyl (C=O) groups excluding carboxylic acids is 1. The molecule has 0 saturated carbocycles. The summed E-state index contributed by atoms with van der Waals surface area (Å²) in [7, 11) is 1.65. The highest BCUT2D eigenvalue weighted by Crippen LogP contribution is 2.01. The number of nitrogens with one attached hydrogen (secondary N) is 1. The van der Waals surface area contributed by atoms with E-state index in [2.05, 4.69) is 5.32 Å². The zero-order valence-corrected chi connectivity index (χ0v) is 10.4. The van der Waals surface area contributed by atoms with E-state index in [-0.39, 0.29) is 11.8 Å². The van der Waals surface area contributed by atoms with Gasteiger partial charge >= 0.3 is 0 Å². The second kappa shape index (κ2) is 8.68. The van der Waals surface area contributed by atoms with Gasteiger partial charge in [0, 0.05) is 32.7 Å². The lowest BCUT2D eigenvalue weighted by atomic mass is 10.1. The maximum absolute atomic E-state index is 11.9. The van der Waals surface area contributed by atoms with Crippen LogP contribution in [0.4, 0.5) is 0 Å². The Labute approximate surface area is 93.0 Å². The van der Waals surface area contributed by atoms with E-state index < -0.39 is 0 Å². The first-order valence-corrected chi connectivity index (χ1v) is 5.65. The summed E-state index contributed by atoms with van der Waals surface area (Å²) in [6, 6.07) is 0. The quantitative estimate of drug-likeness (QED) is 0.650. The highest BCUT2D eigenvalue weighted by atomic mass is 16.5. The molecule has 1 atom stereocenters. The van der Waals surface area contributed by atoms with E-state index >= 15 is 0 Å². The molecule has 0 aliphatic rings. The van der Waals surface area contributed by atoms with Gasteiger partial charge in [0.2, 0.25) is 5.91 Å². The topological polar surface area (TPSA) is 41.6 Å². The number of methoxy groups -OCH3 is 1. The molecule has 0 aromatic carbocycles. The van der Waals surface area contributed by atoms with Crippen LogP contribution >= 0.6 is 0 Å². The third-order valence-corrected chi connectivity index (χ3v) is 2.38.